The number of benzene rings is 1. The van der Waals surface area contributed by atoms with Gasteiger partial charge < -0.3 is 14.6 Å². The summed E-state index contributed by atoms with van der Waals surface area (Å²) >= 11 is 0. The van der Waals surface area contributed by atoms with Crippen molar-refractivity contribution in [3.8, 4) is 11.5 Å². The molecule has 3 rings (SSSR count). The van der Waals surface area contributed by atoms with Gasteiger partial charge in [-0.3, -0.25) is 4.90 Å². The van der Waals surface area contributed by atoms with E-state index < -0.39 is 12.3 Å². The fourth-order valence-corrected chi connectivity index (χ4v) is 3.04. The van der Waals surface area contributed by atoms with Crippen molar-refractivity contribution in [1.29, 1.82) is 0 Å². The van der Waals surface area contributed by atoms with E-state index in [4.69, 9.17) is 9.47 Å². The molecule has 0 spiro atoms. The van der Waals surface area contributed by atoms with E-state index in [2.05, 4.69) is 6.58 Å². The highest BCUT2D eigenvalue weighted by molar-refractivity contribution is 5.44. The third-order valence-corrected chi connectivity index (χ3v) is 4.30. The van der Waals surface area contributed by atoms with Crippen LogP contribution in [0.4, 0.5) is 4.39 Å². The Morgan fingerprint density at radius 3 is 2.82 bits per heavy atom. The van der Waals surface area contributed by atoms with Gasteiger partial charge in [-0.2, -0.15) is 0 Å². The minimum atomic E-state index is -0.753. The van der Waals surface area contributed by atoms with Crippen LogP contribution in [0.15, 0.2) is 30.9 Å². The third kappa shape index (κ3) is 3.25. The van der Waals surface area contributed by atoms with E-state index in [9.17, 15) is 9.50 Å². The van der Waals surface area contributed by atoms with Crippen LogP contribution in [0, 0.1) is 5.92 Å². The first-order valence-corrected chi connectivity index (χ1v) is 7.74. The molecule has 0 amide bonds. The van der Waals surface area contributed by atoms with E-state index in [-0.39, 0.29) is 5.92 Å². The van der Waals surface area contributed by atoms with Gasteiger partial charge in [-0.05, 0) is 24.1 Å². The van der Waals surface area contributed by atoms with Gasteiger partial charge in [0, 0.05) is 25.6 Å². The topological polar surface area (TPSA) is 41.9 Å². The SMILES string of the molecule is C=C[C@@H](CN1CCC(F)C1)[C@@H](O)c1ccc2c(c1)OCCO2. The van der Waals surface area contributed by atoms with Crippen LogP contribution in [0.2, 0.25) is 0 Å². The Morgan fingerprint density at radius 2 is 2.14 bits per heavy atom. The van der Waals surface area contributed by atoms with E-state index in [0.29, 0.717) is 44.2 Å². The quantitative estimate of drug-likeness (QED) is 0.848. The highest BCUT2D eigenvalue weighted by atomic mass is 19.1. The number of hydrogen-bond acceptors (Lipinski definition) is 4. The predicted octanol–water partition coefficient (Wildman–Crippen LogP) is 2.34. The number of nitrogens with zero attached hydrogens (tertiary/aromatic N) is 1. The second-order valence-corrected chi connectivity index (χ2v) is 5.89. The predicted molar refractivity (Wildman–Crippen MR) is 82.0 cm³/mol. The van der Waals surface area contributed by atoms with Gasteiger partial charge in [0.05, 0.1) is 6.10 Å². The van der Waals surface area contributed by atoms with Crippen LogP contribution in [0.5, 0.6) is 11.5 Å². The summed E-state index contributed by atoms with van der Waals surface area (Å²) in [6.07, 6.45) is 0.876. The monoisotopic (exact) mass is 307 g/mol. The molecular formula is C17H22FNO3. The van der Waals surface area contributed by atoms with Gasteiger partial charge in [-0.15, -0.1) is 6.58 Å². The highest BCUT2D eigenvalue weighted by Gasteiger charge is 2.27. The lowest BCUT2D eigenvalue weighted by molar-refractivity contribution is 0.106. The molecule has 0 saturated carbocycles. The summed E-state index contributed by atoms with van der Waals surface area (Å²) in [7, 11) is 0. The van der Waals surface area contributed by atoms with E-state index in [1.54, 1.807) is 6.08 Å². The number of likely N-dealkylation sites (tertiary alicyclic amines) is 1. The fourth-order valence-electron chi connectivity index (χ4n) is 3.04. The van der Waals surface area contributed by atoms with Crippen LogP contribution in [0.1, 0.15) is 18.1 Å². The van der Waals surface area contributed by atoms with Crippen LogP contribution in [0.25, 0.3) is 0 Å². The van der Waals surface area contributed by atoms with E-state index >= 15 is 0 Å². The minimum absolute atomic E-state index is 0.146. The van der Waals surface area contributed by atoms with Crippen LogP contribution >= 0.6 is 0 Å². The Bertz CT molecular complexity index is 537. The number of aliphatic hydroxyl groups excluding tert-OH is 1. The van der Waals surface area contributed by atoms with Crippen molar-refractivity contribution in [1.82, 2.24) is 4.90 Å². The molecule has 2 heterocycles. The molecule has 0 aliphatic carbocycles. The zero-order valence-electron chi connectivity index (χ0n) is 12.6. The van der Waals surface area contributed by atoms with Crippen LogP contribution in [-0.4, -0.2) is 49.0 Å². The molecule has 2 aliphatic heterocycles. The summed E-state index contributed by atoms with van der Waals surface area (Å²) in [6, 6.07) is 5.48. The van der Waals surface area contributed by atoms with Crippen LogP contribution < -0.4 is 9.47 Å². The first kappa shape index (κ1) is 15.3. The Morgan fingerprint density at radius 1 is 1.36 bits per heavy atom. The van der Waals surface area contributed by atoms with Crippen LogP contribution in [-0.2, 0) is 0 Å². The number of rotatable bonds is 5. The number of alkyl halides is 1. The molecule has 0 radical (unpaired) electrons. The Labute approximate surface area is 130 Å². The van der Waals surface area contributed by atoms with Gasteiger partial charge >= 0.3 is 0 Å². The van der Waals surface area contributed by atoms with Crippen molar-refractivity contribution in [2.75, 3.05) is 32.8 Å². The fraction of sp³-hybridized carbons (Fsp3) is 0.529. The van der Waals surface area contributed by atoms with Crippen molar-refractivity contribution in [2.45, 2.75) is 18.7 Å². The third-order valence-electron chi connectivity index (χ3n) is 4.30. The van der Waals surface area contributed by atoms with Crippen molar-refractivity contribution >= 4 is 0 Å². The standard InChI is InChI=1S/C17H22FNO3/c1-2-12(10-19-6-5-14(18)11-19)17(20)13-3-4-15-16(9-13)22-8-7-21-15/h2-4,9,12,14,17,20H,1,5-8,10-11H2/t12-,14?,17+/m0/s1. The Hall–Kier alpha value is -1.59. The summed E-state index contributed by atoms with van der Waals surface area (Å²) in [5.41, 5.74) is 0.769. The molecule has 2 aliphatic rings. The maximum absolute atomic E-state index is 13.3. The van der Waals surface area contributed by atoms with Crippen LogP contribution in [0.3, 0.4) is 0 Å². The molecule has 1 aromatic carbocycles. The first-order valence-electron chi connectivity index (χ1n) is 7.74. The van der Waals surface area contributed by atoms with Crippen molar-refractivity contribution in [3.05, 3.63) is 36.4 Å². The van der Waals surface area contributed by atoms with Crippen molar-refractivity contribution in [2.24, 2.45) is 5.92 Å². The molecule has 1 saturated heterocycles. The average Bonchev–Trinajstić information content (AvgIpc) is 2.96. The van der Waals surface area contributed by atoms with E-state index in [1.165, 1.54) is 0 Å². The smallest absolute Gasteiger partial charge is 0.161 e. The lowest BCUT2D eigenvalue weighted by atomic mass is 9.95. The number of hydrogen-bond donors (Lipinski definition) is 1. The van der Waals surface area contributed by atoms with Gasteiger partial charge in [0.15, 0.2) is 11.5 Å². The number of ether oxygens (including phenoxy) is 2. The van der Waals surface area contributed by atoms with Gasteiger partial charge in [0.2, 0.25) is 0 Å². The van der Waals surface area contributed by atoms with Gasteiger partial charge in [-0.25, -0.2) is 4.39 Å². The van der Waals surface area contributed by atoms with Gasteiger partial charge in [-0.1, -0.05) is 12.1 Å². The molecule has 1 N–H and O–H groups in total. The van der Waals surface area contributed by atoms with E-state index in [1.807, 2.05) is 23.1 Å². The molecule has 4 nitrogen and oxygen atoms in total. The Kier molecular flexibility index (Phi) is 4.64. The second kappa shape index (κ2) is 6.67. The summed E-state index contributed by atoms with van der Waals surface area (Å²) in [5, 5.41) is 10.6. The first-order chi connectivity index (χ1) is 10.7. The molecule has 120 valence electrons. The van der Waals surface area contributed by atoms with Crippen molar-refractivity contribution < 1.29 is 19.0 Å². The molecule has 0 bridgehead atoms. The van der Waals surface area contributed by atoms with Crippen molar-refractivity contribution in [3.63, 3.8) is 0 Å². The summed E-state index contributed by atoms with van der Waals surface area (Å²) in [6.45, 7) is 6.67. The second-order valence-electron chi connectivity index (χ2n) is 5.89. The highest BCUT2D eigenvalue weighted by Crippen LogP contribution is 2.35. The largest absolute Gasteiger partial charge is 0.486 e. The number of fused-ring (bicyclic) bond motifs is 1. The summed E-state index contributed by atoms with van der Waals surface area (Å²) in [5.74, 6) is 1.22. The molecule has 5 heteroatoms. The van der Waals surface area contributed by atoms with Gasteiger partial charge in [0.1, 0.15) is 19.4 Å². The molecule has 3 atom stereocenters. The zero-order chi connectivity index (χ0) is 15.5. The maximum Gasteiger partial charge on any atom is 0.161 e. The summed E-state index contributed by atoms with van der Waals surface area (Å²) < 4.78 is 24.3. The summed E-state index contributed by atoms with van der Waals surface area (Å²) in [4.78, 5) is 2.04. The van der Waals surface area contributed by atoms with E-state index in [0.717, 1.165) is 12.1 Å². The average molecular weight is 307 g/mol. The zero-order valence-corrected chi connectivity index (χ0v) is 12.6. The molecule has 1 fully saturated rings. The lowest BCUT2D eigenvalue weighted by Gasteiger charge is -2.26. The molecule has 0 aromatic heterocycles. The Balaban J connectivity index is 1.70. The minimum Gasteiger partial charge on any atom is -0.486 e. The number of aliphatic hydroxyl groups is 1. The molecule has 22 heavy (non-hydrogen) atoms. The molecular weight excluding hydrogens is 285 g/mol. The molecule has 1 unspecified atom stereocenters. The lowest BCUT2D eigenvalue weighted by Crippen LogP contribution is -2.30. The maximum atomic E-state index is 13.3. The normalized spacial score (nSPS) is 24.0. The van der Waals surface area contributed by atoms with Gasteiger partial charge in [0.25, 0.3) is 0 Å². The number of halogens is 1. The molecule has 1 aromatic rings.